The van der Waals surface area contributed by atoms with Crippen molar-refractivity contribution >= 4 is 23.6 Å². The van der Waals surface area contributed by atoms with Gasteiger partial charge in [0.15, 0.2) is 0 Å². The van der Waals surface area contributed by atoms with Gasteiger partial charge in [-0.3, -0.25) is 19.2 Å². The molecule has 38 heavy (non-hydrogen) atoms. The van der Waals surface area contributed by atoms with Gasteiger partial charge in [0, 0.05) is 18.0 Å². The van der Waals surface area contributed by atoms with Crippen LogP contribution in [0.4, 0.5) is 13.2 Å². The number of hydrogen-bond acceptors (Lipinski definition) is 5. The van der Waals surface area contributed by atoms with Gasteiger partial charge in [-0.05, 0) is 55.8 Å². The average Bonchev–Trinajstić information content (AvgIpc) is 3.10. The fourth-order valence-electron chi connectivity index (χ4n) is 5.92. The molecule has 3 N–H and O–H groups in total. The molecule has 0 radical (unpaired) electrons. The topological polar surface area (TPSA) is 131 Å². The lowest BCUT2D eigenvalue weighted by molar-refractivity contribution is -0.176. The molecule has 3 fully saturated rings. The van der Waals surface area contributed by atoms with E-state index in [1.54, 1.807) is 0 Å². The molecule has 9 nitrogen and oxygen atoms in total. The lowest BCUT2D eigenvalue weighted by atomic mass is 9.83. The summed E-state index contributed by atoms with van der Waals surface area (Å²) in [4.78, 5) is 52.6. The van der Waals surface area contributed by atoms with E-state index in [2.05, 4.69) is 10.6 Å². The van der Waals surface area contributed by atoms with E-state index in [0.29, 0.717) is 6.42 Å². The Kier molecular flexibility index (Phi) is 7.60. The lowest BCUT2D eigenvalue weighted by Crippen LogP contribution is -2.61. The fraction of sp³-hybridized carbons (Fsp3) is 0.808. The Morgan fingerprint density at radius 2 is 1.76 bits per heavy atom. The molecule has 2 heterocycles. The Morgan fingerprint density at radius 1 is 1.16 bits per heavy atom. The standard InChI is InChI=1S/C26H38F3N5O4/c1-23(2,3)18(32-22(38)26(27,28)29)21(37)34-12-15-16(25(15,6)7)17(34)20(36)31-14(11-30)10-13-8-9-24(4,5)33-19(13)35/h13-18H,8-10,12H2,1-7H3,(H,31,36)(H,32,38)(H,33,35)/t13?,14-,15-,16-,17-,18+/m0/s1. The van der Waals surface area contributed by atoms with Gasteiger partial charge in [0.05, 0.1) is 6.07 Å². The van der Waals surface area contributed by atoms with Gasteiger partial charge in [-0.2, -0.15) is 18.4 Å². The van der Waals surface area contributed by atoms with Crippen molar-refractivity contribution in [3.8, 4) is 6.07 Å². The summed E-state index contributed by atoms with van der Waals surface area (Å²) in [5, 5.41) is 17.1. The van der Waals surface area contributed by atoms with E-state index in [-0.39, 0.29) is 41.7 Å². The van der Waals surface area contributed by atoms with E-state index in [4.69, 9.17) is 0 Å². The number of nitrogens with one attached hydrogen (secondary N) is 3. The molecule has 3 rings (SSSR count). The van der Waals surface area contributed by atoms with Gasteiger partial charge in [0.25, 0.3) is 0 Å². The number of carbonyl (C=O) groups is 4. The molecule has 0 aromatic carbocycles. The highest BCUT2D eigenvalue weighted by Gasteiger charge is 2.70. The molecule has 2 saturated heterocycles. The van der Waals surface area contributed by atoms with Crippen LogP contribution in [0.15, 0.2) is 0 Å². The minimum Gasteiger partial charge on any atom is -0.351 e. The third-order valence-corrected chi connectivity index (χ3v) is 8.35. The summed E-state index contributed by atoms with van der Waals surface area (Å²) in [5.74, 6) is -4.53. The zero-order valence-corrected chi connectivity index (χ0v) is 23.0. The van der Waals surface area contributed by atoms with Crippen LogP contribution in [0.3, 0.4) is 0 Å². The van der Waals surface area contributed by atoms with Gasteiger partial charge in [-0.15, -0.1) is 0 Å². The van der Waals surface area contributed by atoms with Crippen LogP contribution in [0.1, 0.15) is 67.7 Å². The van der Waals surface area contributed by atoms with Crippen LogP contribution in [0, 0.1) is 39.9 Å². The van der Waals surface area contributed by atoms with E-state index in [9.17, 15) is 37.6 Å². The molecular formula is C26H38F3N5O4. The van der Waals surface area contributed by atoms with E-state index in [1.807, 2.05) is 39.1 Å². The maximum atomic E-state index is 13.6. The molecule has 1 saturated carbocycles. The summed E-state index contributed by atoms with van der Waals surface area (Å²) in [5.41, 5.74) is -1.69. The molecule has 0 aromatic heterocycles. The molecular weight excluding hydrogens is 503 g/mol. The first-order valence-corrected chi connectivity index (χ1v) is 12.9. The molecule has 1 aliphatic carbocycles. The smallest absolute Gasteiger partial charge is 0.351 e. The number of alkyl halides is 3. The predicted molar refractivity (Wildman–Crippen MR) is 131 cm³/mol. The minimum absolute atomic E-state index is 0.0481. The Bertz CT molecular complexity index is 1040. The van der Waals surface area contributed by atoms with Gasteiger partial charge >= 0.3 is 12.1 Å². The van der Waals surface area contributed by atoms with E-state index >= 15 is 0 Å². The maximum absolute atomic E-state index is 13.6. The van der Waals surface area contributed by atoms with Crippen molar-refractivity contribution in [2.75, 3.05) is 6.54 Å². The Balaban J connectivity index is 1.79. The fourth-order valence-corrected chi connectivity index (χ4v) is 5.92. The molecule has 0 aromatic rings. The number of carbonyl (C=O) groups excluding carboxylic acids is 4. The monoisotopic (exact) mass is 541 g/mol. The number of piperidine rings is 2. The molecule has 2 aliphatic heterocycles. The van der Waals surface area contributed by atoms with Crippen LogP contribution in [0.5, 0.6) is 0 Å². The predicted octanol–water partition coefficient (Wildman–Crippen LogP) is 2.27. The highest BCUT2D eigenvalue weighted by molar-refractivity contribution is 5.95. The number of rotatable bonds is 6. The van der Waals surface area contributed by atoms with Crippen molar-refractivity contribution in [3.63, 3.8) is 0 Å². The number of hydrogen-bond donors (Lipinski definition) is 3. The summed E-state index contributed by atoms with van der Waals surface area (Å²) in [6, 6.07) is -1.48. The molecule has 0 bridgehead atoms. The van der Waals surface area contributed by atoms with Crippen molar-refractivity contribution in [1.82, 2.24) is 20.9 Å². The molecule has 0 spiro atoms. The van der Waals surface area contributed by atoms with Crippen molar-refractivity contribution in [2.24, 2.45) is 28.6 Å². The minimum atomic E-state index is -5.17. The Hall–Kier alpha value is -2.84. The highest BCUT2D eigenvalue weighted by Crippen LogP contribution is 2.65. The summed E-state index contributed by atoms with van der Waals surface area (Å²) in [6.07, 6.45) is -3.79. The first-order valence-electron chi connectivity index (χ1n) is 12.9. The van der Waals surface area contributed by atoms with E-state index in [1.165, 1.54) is 25.7 Å². The SMILES string of the molecule is CC1(C)CCC(C[C@@H](C#N)NC(=O)[C@@H]2[C@@H]3[C@H](CN2C(=O)[C@@H](NC(=O)C(F)(F)F)C(C)(C)C)C3(C)C)C(=O)N1. The van der Waals surface area contributed by atoms with Gasteiger partial charge in [-0.1, -0.05) is 34.6 Å². The number of fused-ring (bicyclic) bond motifs is 1. The summed E-state index contributed by atoms with van der Waals surface area (Å²) >= 11 is 0. The van der Waals surface area contributed by atoms with Crippen LogP contribution in [-0.4, -0.2) is 64.9 Å². The zero-order valence-electron chi connectivity index (χ0n) is 23.0. The second-order valence-electron chi connectivity index (χ2n) is 13.2. The number of likely N-dealkylation sites (tertiary alicyclic amines) is 1. The van der Waals surface area contributed by atoms with Crippen LogP contribution < -0.4 is 16.0 Å². The summed E-state index contributed by atoms with van der Waals surface area (Å²) in [7, 11) is 0. The normalized spacial score (nSPS) is 29.3. The van der Waals surface area contributed by atoms with Crippen LogP contribution >= 0.6 is 0 Å². The first kappa shape index (κ1) is 29.7. The second-order valence-corrected chi connectivity index (χ2v) is 13.2. The molecule has 3 aliphatic rings. The van der Waals surface area contributed by atoms with Crippen molar-refractivity contribution in [3.05, 3.63) is 0 Å². The van der Waals surface area contributed by atoms with Crippen molar-refractivity contribution < 1.29 is 32.3 Å². The first-order chi connectivity index (χ1) is 17.2. The molecule has 1 unspecified atom stereocenters. The lowest BCUT2D eigenvalue weighted by Gasteiger charge is -2.38. The quantitative estimate of drug-likeness (QED) is 0.475. The largest absolute Gasteiger partial charge is 0.471 e. The molecule has 12 heteroatoms. The second kappa shape index (κ2) is 9.72. The Labute approximate surface area is 221 Å². The van der Waals surface area contributed by atoms with Crippen LogP contribution in [0.25, 0.3) is 0 Å². The zero-order chi connectivity index (χ0) is 29.0. The highest BCUT2D eigenvalue weighted by atomic mass is 19.4. The third kappa shape index (κ3) is 5.91. The van der Waals surface area contributed by atoms with Crippen molar-refractivity contribution in [2.45, 2.75) is 97.6 Å². The van der Waals surface area contributed by atoms with E-state index < -0.39 is 53.4 Å². The number of amides is 4. The van der Waals surface area contributed by atoms with Crippen LogP contribution in [0.2, 0.25) is 0 Å². The molecule has 6 atom stereocenters. The molecule has 4 amide bonds. The van der Waals surface area contributed by atoms with Gasteiger partial charge in [0.1, 0.15) is 18.1 Å². The number of nitrogens with zero attached hydrogens (tertiary/aromatic N) is 2. The number of halogens is 3. The van der Waals surface area contributed by atoms with Crippen LogP contribution in [-0.2, 0) is 19.2 Å². The van der Waals surface area contributed by atoms with Crippen molar-refractivity contribution in [1.29, 1.82) is 5.26 Å². The summed E-state index contributed by atoms with van der Waals surface area (Å²) in [6.45, 7) is 12.5. The molecule has 212 valence electrons. The average molecular weight is 542 g/mol. The van der Waals surface area contributed by atoms with Gasteiger partial charge in [-0.25, -0.2) is 0 Å². The third-order valence-electron chi connectivity index (χ3n) is 8.35. The summed E-state index contributed by atoms with van der Waals surface area (Å²) < 4.78 is 39.0. The maximum Gasteiger partial charge on any atom is 0.471 e. The van der Waals surface area contributed by atoms with Gasteiger partial charge in [0.2, 0.25) is 17.7 Å². The number of nitriles is 1. The van der Waals surface area contributed by atoms with Gasteiger partial charge < -0.3 is 20.9 Å². The van der Waals surface area contributed by atoms with E-state index in [0.717, 1.165) is 6.42 Å². The Morgan fingerprint density at radius 3 is 2.26 bits per heavy atom.